The van der Waals surface area contributed by atoms with Crippen LogP contribution in [0, 0.1) is 5.82 Å². The van der Waals surface area contributed by atoms with Crippen molar-refractivity contribution in [2.24, 2.45) is 0 Å². The second kappa shape index (κ2) is 6.53. The molecule has 1 fully saturated rings. The van der Waals surface area contributed by atoms with Gasteiger partial charge >= 0.3 is 0 Å². The Balaban J connectivity index is 0.00000150. The number of hydrogen-bond acceptors (Lipinski definition) is 5. The minimum Gasteiger partial charge on any atom is -0.356 e. The van der Waals surface area contributed by atoms with Crippen molar-refractivity contribution >= 4 is 22.8 Å². The van der Waals surface area contributed by atoms with E-state index in [1.54, 1.807) is 12.3 Å². The number of carbonyl (C=O) groups is 1. The van der Waals surface area contributed by atoms with Crippen molar-refractivity contribution in [3.05, 3.63) is 36.5 Å². The van der Waals surface area contributed by atoms with Gasteiger partial charge in [-0.15, -0.1) is 0 Å². The molecule has 10 heteroatoms. The van der Waals surface area contributed by atoms with Gasteiger partial charge in [0.15, 0.2) is 5.82 Å². The van der Waals surface area contributed by atoms with Crippen LogP contribution in [0.3, 0.4) is 0 Å². The zero-order chi connectivity index (χ0) is 19.0. The number of nitrogens with zero attached hydrogens (tertiary/aromatic N) is 3. The lowest BCUT2D eigenvalue weighted by atomic mass is 10.2. The van der Waals surface area contributed by atoms with Gasteiger partial charge in [-0.3, -0.25) is 4.79 Å². The third kappa shape index (κ3) is 3.42. The van der Waals surface area contributed by atoms with Gasteiger partial charge in [0, 0.05) is 27.6 Å². The predicted octanol–water partition coefficient (Wildman–Crippen LogP) is 3.22. The average Bonchev–Trinajstić information content (AvgIpc) is 3.30. The van der Waals surface area contributed by atoms with Crippen LogP contribution in [-0.2, 0) is 4.79 Å². The number of carbonyl (C=O) groups excluding carboxylic acids is 1. The van der Waals surface area contributed by atoms with Crippen molar-refractivity contribution in [1.29, 1.82) is 0 Å². The van der Waals surface area contributed by atoms with Gasteiger partial charge < -0.3 is 15.6 Å². The van der Waals surface area contributed by atoms with E-state index in [4.69, 9.17) is 0 Å². The molecule has 1 aliphatic carbocycles. The summed E-state index contributed by atoms with van der Waals surface area (Å²) in [5.41, 5.74) is 0.125. The molecule has 0 aliphatic heterocycles. The first kappa shape index (κ1) is 17.3. The first-order valence-electron chi connectivity index (χ1n) is 8.27. The molecule has 0 bridgehead atoms. The average molecular weight is 382 g/mol. The second-order valence-corrected chi connectivity index (χ2v) is 6.33. The maximum absolute atomic E-state index is 13.5. The third-order valence-corrected chi connectivity index (χ3v) is 4.36. The first-order chi connectivity index (χ1) is 13.0. The monoisotopic (exact) mass is 382 g/mol. The molecule has 3 N–H and O–H groups in total. The van der Waals surface area contributed by atoms with Gasteiger partial charge in [0.05, 0.1) is 12.7 Å². The molecule has 0 aromatic carbocycles. The van der Waals surface area contributed by atoms with Gasteiger partial charge in [0.25, 0.3) is 6.43 Å². The molecule has 0 atom stereocenters. The minimum absolute atomic E-state index is 0. The number of H-pyrrole nitrogens is 1. The topological polar surface area (TPSA) is 95.6 Å². The zero-order valence-electron chi connectivity index (χ0n) is 14.0. The number of pyridine rings is 1. The van der Waals surface area contributed by atoms with Crippen molar-refractivity contribution in [2.45, 2.75) is 24.8 Å². The molecule has 3 aromatic heterocycles. The van der Waals surface area contributed by atoms with Crippen LogP contribution >= 0.6 is 0 Å². The molecule has 0 radical (unpaired) electrons. The lowest BCUT2D eigenvalue weighted by molar-refractivity contribution is -0.123. The molecule has 27 heavy (non-hydrogen) atoms. The van der Waals surface area contributed by atoms with Crippen LogP contribution in [0.2, 0.25) is 0 Å². The number of fused-ring (bicyclic) bond motifs is 1. The SMILES string of the molecule is O=C(NCC(F)F)C1(Nc2ccnc(-c3c[nH]c4ncc(F)cc34)n2)CC1.[HH].[HH].[HH]. The molecule has 146 valence electrons. The normalized spacial score (nSPS) is 15.1. The highest BCUT2D eigenvalue weighted by atomic mass is 19.3. The number of aromatic amines is 1. The van der Waals surface area contributed by atoms with Crippen LogP contribution < -0.4 is 10.6 Å². The minimum atomic E-state index is -2.61. The van der Waals surface area contributed by atoms with Crippen LogP contribution in [-0.4, -0.2) is 44.4 Å². The largest absolute Gasteiger partial charge is 0.356 e. The summed E-state index contributed by atoms with van der Waals surface area (Å²) in [4.78, 5) is 27.6. The summed E-state index contributed by atoms with van der Waals surface area (Å²) in [7, 11) is 0. The number of amides is 1. The summed E-state index contributed by atoms with van der Waals surface area (Å²) >= 11 is 0. The van der Waals surface area contributed by atoms with E-state index in [1.807, 2.05) is 0 Å². The molecule has 1 amide bonds. The first-order valence-corrected chi connectivity index (χ1v) is 8.27. The highest BCUT2D eigenvalue weighted by molar-refractivity contribution is 5.93. The lowest BCUT2D eigenvalue weighted by Gasteiger charge is -2.17. The lowest BCUT2D eigenvalue weighted by Crippen LogP contribution is -2.43. The fraction of sp³-hybridized carbons (Fsp3) is 0.294. The van der Waals surface area contributed by atoms with Gasteiger partial charge in [-0.25, -0.2) is 28.1 Å². The smallest absolute Gasteiger partial charge is 0.255 e. The van der Waals surface area contributed by atoms with Crippen molar-refractivity contribution < 1.29 is 22.2 Å². The summed E-state index contributed by atoms with van der Waals surface area (Å²) in [5.74, 6) is -0.266. The van der Waals surface area contributed by atoms with Gasteiger partial charge in [0.1, 0.15) is 22.8 Å². The number of anilines is 1. The van der Waals surface area contributed by atoms with E-state index in [0.29, 0.717) is 41.1 Å². The van der Waals surface area contributed by atoms with E-state index in [1.165, 1.54) is 12.3 Å². The summed E-state index contributed by atoms with van der Waals surface area (Å²) in [6.07, 6.45) is 2.66. The van der Waals surface area contributed by atoms with E-state index in [0.717, 1.165) is 6.20 Å². The number of halogens is 3. The fourth-order valence-electron chi connectivity index (χ4n) is 2.84. The van der Waals surface area contributed by atoms with Crippen molar-refractivity contribution in [1.82, 2.24) is 25.3 Å². The fourth-order valence-corrected chi connectivity index (χ4v) is 2.84. The van der Waals surface area contributed by atoms with Gasteiger partial charge in [-0.05, 0) is 25.0 Å². The Kier molecular flexibility index (Phi) is 4.17. The Hall–Kier alpha value is -3.17. The van der Waals surface area contributed by atoms with Crippen molar-refractivity contribution in [3.8, 4) is 11.4 Å². The maximum Gasteiger partial charge on any atom is 0.255 e. The summed E-state index contributed by atoms with van der Waals surface area (Å²) in [6.45, 7) is -0.689. The molecule has 1 aliphatic rings. The molecule has 4 rings (SSSR count). The standard InChI is InChI=1S/C17H15F3N6O.3H2/c18-9-5-10-11(7-23-14(10)22-6-9)15-21-4-1-13(25-15)26-17(2-3-17)16(27)24-8-12(19)20;;;/h1,4-7,12H,2-3,8H2,(H,22,23)(H,24,27)(H,21,25,26);3*1H. The number of nitrogens with one attached hydrogen (secondary N) is 3. The van der Waals surface area contributed by atoms with Gasteiger partial charge in [0.2, 0.25) is 5.91 Å². The Labute approximate surface area is 155 Å². The highest BCUT2D eigenvalue weighted by Crippen LogP contribution is 2.39. The van der Waals surface area contributed by atoms with E-state index >= 15 is 0 Å². The number of aromatic nitrogens is 4. The molecule has 0 spiro atoms. The van der Waals surface area contributed by atoms with Crippen molar-refractivity contribution in [2.75, 3.05) is 11.9 Å². The number of hydrogen-bond donors (Lipinski definition) is 3. The molecular formula is C17H21F3N6O. The number of alkyl halides is 2. The summed E-state index contributed by atoms with van der Waals surface area (Å²) < 4.78 is 38.1. The Bertz CT molecular complexity index is 1020. The third-order valence-electron chi connectivity index (χ3n) is 4.36. The Morgan fingerprint density at radius 3 is 2.93 bits per heavy atom. The van der Waals surface area contributed by atoms with Gasteiger partial charge in [-0.1, -0.05) is 0 Å². The van der Waals surface area contributed by atoms with Crippen LogP contribution in [0.4, 0.5) is 19.0 Å². The highest BCUT2D eigenvalue weighted by Gasteiger charge is 2.50. The van der Waals surface area contributed by atoms with E-state index in [9.17, 15) is 18.0 Å². The Morgan fingerprint density at radius 2 is 2.19 bits per heavy atom. The predicted molar refractivity (Wildman–Crippen MR) is 98.0 cm³/mol. The Morgan fingerprint density at radius 1 is 1.37 bits per heavy atom. The number of rotatable bonds is 6. The van der Waals surface area contributed by atoms with Crippen LogP contribution in [0.15, 0.2) is 30.7 Å². The summed E-state index contributed by atoms with van der Waals surface area (Å²) in [5, 5.41) is 5.77. The molecule has 3 aromatic rings. The molecule has 7 nitrogen and oxygen atoms in total. The van der Waals surface area contributed by atoms with Crippen LogP contribution in [0.1, 0.15) is 17.1 Å². The quantitative estimate of drug-likeness (QED) is 0.608. The molecule has 0 unspecified atom stereocenters. The van der Waals surface area contributed by atoms with Crippen molar-refractivity contribution in [3.63, 3.8) is 0 Å². The maximum atomic E-state index is 13.5. The zero-order valence-corrected chi connectivity index (χ0v) is 14.0. The van der Waals surface area contributed by atoms with Crippen LogP contribution in [0.5, 0.6) is 0 Å². The molecular weight excluding hydrogens is 361 g/mol. The van der Waals surface area contributed by atoms with E-state index in [-0.39, 0.29) is 4.28 Å². The van der Waals surface area contributed by atoms with E-state index < -0.39 is 30.2 Å². The second-order valence-electron chi connectivity index (χ2n) is 6.33. The van der Waals surface area contributed by atoms with Crippen LogP contribution in [0.25, 0.3) is 22.4 Å². The molecule has 0 saturated heterocycles. The van der Waals surface area contributed by atoms with Gasteiger partial charge in [-0.2, -0.15) is 0 Å². The summed E-state index contributed by atoms with van der Waals surface area (Å²) in [6, 6.07) is 2.91. The van der Waals surface area contributed by atoms with E-state index in [2.05, 4.69) is 30.6 Å². The molecule has 1 saturated carbocycles. The molecule has 3 heterocycles.